The van der Waals surface area contributed by atoms with Gasteiger partial charge >= 0.3 is 0 Å². The van der Waals surface area contributed by atoms with Gasteiger partial charge in [-0.15, -0.1) is 0 Å². The van der Waals surface area contributed by atoms with Crippen LogP contribution in [0, 0.1) is 0 Å². The third kappa shape index (κ3) is 3.30. The van der Waals surface area contributed by atoms with Crippen LogP contribution in [0.4, 0.5) is 0 Å². The molecule has 0 bridgehead atoms. The maximum absolute atomic E-state index is 4.44. The Kier molecular flexibility index (Phi) is 4.62. The first-order chi connectivity index (χ1) is 10.1. The zero-order chi connectivity index (χ0) is 14.8. The first kappa shape index (κ1) is 15.0. The number of hydrogen-bond donors (Lipinski definition) is 0. The van der Waals surface area contributed by atoms with Gasteiger partial charge in [0.05, 0.1) is 16.7 Å². The average Bonchev–Trinajstić information content (AvgIpc) is 3.00. The largest absolute Gasteiger partial charge is 0.241 e. The summed E-state index contributed by atoms with van der Waals surface area (Å²) in [6, 6.07) is 16.2. The van der Waals surface area contributed by atoms with Crippen molar-refractivity contribution in [3.05, 3.63) is 81.0 Å². The van der Waals surface area contributed by atoms with Gasteiger partial charge in [0, 0.05) is 20.7 Å². The van der Waals surface area contributed by atoms with Crippen LogP contribution in [0.3, 0.4) is 0 Å². The van der Waals surface area contributed by atoms with Crippen LogP contribution in [0.25, 0.3) is 5.69 Å². The number of rotatable bonds is 3. The van der Waals surface area contributed by atoms with E-state index in [-0.39, 0.29) is 4.83 Å². The fourth-order valence-corrected chi connectivity index (χ4v) is 3.85. The molecule has 3 aromatic rings. The highest BCUT2D eigenvalue weighted by Crippen LogP contribution is 2.36. The molecule has 0 aliphatic rings. The monoisotopic (exact) mass is 468 g/mol. The molecule has 0 spiro atoms. The van der Waals surface area contributed by atoms with Gasteiger partial charge in [-0.2, -0.15) is 5.10 Å². The summed E-state index contributed by atoms with van der Waals surface area (Å²) in [6.45, 7) is 0. The minimum Gasteiger partial charge on any atom is -0.241 e. The molecule has 2 aromatic carbocycles. The minimum absolute atomic E-state index is 0.0850. The van der Waals surface area contributed by atoms with Gasteiger partial charge in [0.2, 0.25) is 0 Å². The minimum atomic E-state index is 0.0850. The van der Waals surface area contributed by atoms with Crippen LogP contribution in [0.15, 0.2) is 69.9 Å². The van der Waals surface area contributed by atoms with Gasteiger partial charge in [-0.25, -0.2) is 4.68 Å². The molecule has 2 nitrogen and oxygen atoms in total. The van der Waals surface area contributed by atoms with E-state index in [0.717, 1.165) is 25.8 Å². The molecule has 0 aliphatic carbocycles. The van der Waals surface area contributed by atoms with Crippen LogP contribution >= 0.6 is 47.8 Å². The second kappa shape index (κ2) is 6.46. The van der Waals surface area contributed by atoms with E-state index in [1.54, 1.807) is 0 Å². The molecule has 1 unspecified atom stereocenters. The van der Waals surface area contributed by atoms with Crippen molar-refractivity contribution >= 4 is 47.8 Å². The van der Waals surface area contributed by atoms with Crippen molar-refractivity contribution in [2.24, 2.45) is 0 Å². The van der Waals surface area contributed by atoms with Crippen LogP contribution in [0.2, 0.25) is 0 Å². The van der Waals surface area contributed by atoms with Gasteiger partial charge < -0.3 is 0 Å². The van der Waals surface area contributed by atoms with Crippen molar-refractivity contribution in [2.45, 2.75) is 4.83 Å². The smallest absolute Gasteiger partial charge is 0.0686 e. The van der Waals surface area contributed by atoms with E-state index in [1.807, 2.05) is 59.5 Å². The molecule has 0 fully saturated rings. The molecule has 3 rings (SSSR count). The molecule has 5 heteroatoms. The third-order valence-electron chi connectivity index (χ3n) is 3.15. The molecule has 1 aromatic heterocycles. The Morgan fingerprint density at radius 3 is 2.52 bits per heavy atom. The van der Waals surface area contributed by atoms with E-state index in [4.69, 9.17) is 0 Å². The van der Waals surface area contributed by atoms with Gasteiger partial charge in [0.15, 0.2) is 0 Å². The Labute approximate surface area is 148 Å². The van der Waals surface area contributed by atoms with Crippen molar-refractivity contribution in [3.63, 3.8) is 0 Å². The lowest BCUT2D eigenvalue weighted by Gasteiger charge is -2.11. The van der Waals surface area contributed by atoms with E-state index in [0.29, 0.717) is 0 Å². The number of benzene rings is 2. The lowest BCUT2D eigenvalue weighted by atomic mass is 10.1. The van der Waals surface area contributed by atoms with Crippen LogP contribution in [-0.4, -0.2) is 9.78 Å². The summed E-state index contributed by atoms with van der Waals surface area (Å²) in [7, 11) is 0. The van der Waals surface area contributed by atoms with Crippen LogP contribution in [0.1, 0.15) is 16.0 Å². The number of nitrogens with zero attached hydrogens (tertiary/aromatic N) is 2. The molecule has 1 atom stereocenters. The van der Waals surface area contributed by atoms with Crippen molar-refractivity contribution < 1.29 is 0 Å². The van der Waals surface area contributed by atoms with Gasteiger partial charge in [-0.1, -0.05) is 66.0 Å². The Balaban J connectivity index is 1.94. The fraction of sp³-hybridized carbons (Fsp3) is 0.0625. The molecule has 106 valence electrons. The van der Waals surface area contributed by atoms with Gasteiger partial charge in [-0.3, -0.25) is 0 Å². The van der Waals surface area contributed by atoms with Gasteiger partial charge in [-0.05, 0) is 35.9 Å². The third-order valence-corrected chi connectivity index (χ3v) is 5.38. The number of para-hydroxylation sites is 1. The molecule has 1 heterocycles. The Hall–Kier alpha value is -0.910. The lowest BCUT2D eigenvalue weighted by molar-refractivity contribution is 0.880. The summed E-state index contributed by atoms with van der Waals surface area (Å²) in [5, 5.41) is 4.44. The van der Waals surface area contributed by atoms with Crippen molar-refractivity contribution in [1.82, 2.24) is 9.78 Å². The molecule has 0 saturated carbocycles. The maximum atomic E-state index is 4.44. The summed E-state index contributed by atoms with van der Waals surface area (Å²) in [5.74, 6) is 0. The number of halogens is 3. The average molecular weight is 471 g/mol. The topological polar surface area (TPSA) is 17.8 Å². The van der Waals surface area contributed by atoms with Gasteiger partial charge in [0.25, 0.3) is 0 Å². The van der Waals surface area contributed by atoms with Gasteiger partial charge in [0.1, 0.15) is 0 Å². The van der Waals surface area contributed by atoms with E-state index >= 15 is 0 Å². The van der Waals surface area contributed by atoms with E-state index in [2.05, 4.69) is 59.0 Å². The van der Waals surface area contributed by atoms with Crippen molar-refractivity contribution in [2.75, 3.05) is 0 Å². The number of alkyl halides is 1. The first-order valence-electron chi connectivity index (χ1n) is 6.34. The summed E-state index contributed by atoms with van der Waals surface area (Å²) in [4.78, 5) is 0.0850. The highest BCUT2D eigenvalue weighted by Gasteiger charge is 2.16. The zero-order valence-electron chi connectivity index (χ0n) is 10.9. The van der Waals surface area contributed by atoms with Crippen LogP contribution < -0.4 is 0 Å². The highest BCUT2D eigenvalue weighted by atomic mass is 79.9. The first-order valence-corrected chi connectivity index (χ1v) is 8.84. The Bertz CT molecular complexity index is 753. The van der Waals surface area contributed by atoms with Crippen LogP contribution in [-0.2, 0) is 0 Å². The van der Waals surface area contributed by atoms with Crippen molar-refractivity contribution in [3.8, 4) is 5.69 Å². The number of aromatic nitrogens is 2. The summed E-state index contributed by atoms with van der Waals surface area (Å²) in [6.07, 6.45) is 3.93. The Morgan fingerprint density at radius 1 is 1.00 bits per heavy atom. The van der Waals surface area contributed by atoms with E-state index < -0.39 is 0 Å². The number of hydrogen-bond acceptors (Lipinski definition) is 1. The van der Waals surface area contributed by atoms with E-state index in [1.165, 1.54) is 0 Å². The summed E-state index contributed by atoms with van der Waals surface area (Å²) in [5.41, 5.74) is 3.33. The molecule has 0 aliphatic heterocycles. The molecule has 0 radical (unpaired) electrons. The molecular weight excluding hydrogens is 460 g/mol. The zero-order valence-corrected chi connectivity index (χ0v) is 15.6. The second-order valence-corrected chi connectivity index (χ2v) is 7.27. The normalized spacial score (nSPS) is 12.3. The summed E-state index contributed by atoms with van der Waals surface area (Å²) >= 11 is 10.9. The molecular formula is C16H11Br3N2. The predicted molar refractivity (Wildman–Crippen MR) is 96.2 cm³/mol. The molecule has 0 saturated heterocycles. The van der Waals surface area contributed by atoms with E-state index in [9.17, 15) is 0 Å². The predicted octanol–water partition coefficient (Wildman–Crippen LogP) is 5.88. The quantitative estimate of drug-likeness (QED) is 0.437. The Morgan fingerprint density at radius 2 is 1.76 bits per heavy atom. The fourth-order valence-electron chi connectivity index (χ4n) is 2.08. The summed E-state index contributed by atoms with van der Waals surface area (Å²) < 4.78 is 4.01. The standard InChI is InChI=1S/C16H11Br3N2/c17-12-6-7-15(18)14(8-12)16(19)11-9-20-21(10-11)13-4-2-1-3-5-13/h1-10,16H. The SMILES string of the molecule is Brc1ccc(Br)c(C(Br)c2cnn(-c3ccccc3)c2)c1. The molecule has 21 heavy (non-hydrogen) atoms. The second-order valence-electron chi connectivity index (χ2n) is 4.58. The van der Waals surface area contributed by atoms with Crippen molar-refractivity contribution in [1.29, 1.82) is 0 Å². The molecule has 0 N–H and O–H groups in total. The van der Waals surface area contributed by atoms with Crippen LogP contribution in [0.5, 0.6) is 0 Å². The highest BCUT2D eigenvalue weighted by molar-refractivity contribution is 9.11. The lowest BCUT2D eigenvalue weighted by Crippen LogP contribution is -1.94. The molecule has 0 amide bonds. The maximum Gasteiger partial charge on any atom is 0.0686 e.